The van der Waals surface area contributed by atoms with Gasteiger partial charge < -0.3 is 5.32 Å². The summed E-state index contributed by atoms with van der Waals surface area (Å²) in [6, 6.07) is 20.7. The predicted molar refractivity (Wildman–Crippen MR) is 114 cm³/mol. The summed E-state index contributed by atoms with van der Waals surface area (Å²) in [4.78, 5) is 24.1. The number of rotatable bonds is 6. The van der Waals surface area contributed by atoms with Crippen LogP contribution in [-0.4, -0.2) is 18.0 Å². The van der Waals surface area contributed by atoms with Crippen molar-refractivity contribution in [3.05, 3.63) is 77.9 Å². The maximum absolute atomic E-state index is 12.3. The van der Waals surface area contributed by atoms with Crippen molar-refractivity contribution in [3.8, 4) is 0 Å². The molecule has 0 atom stereocenters. The molecule has 5 nitrogen and oxygen atoms in total. The van der Waals surface area contributed by atoms with Crippen LogP contribution in [0, 0.1) is 5.92 Å². The number of amides is 2. The van der Waals surface area contributed by atoms with Crippen molar-refractivity contribution in [3.63, 3.8) is 0 Å². The molecule has 0 spiro atoms. The van der Waals surface area contributed by atoms with E-state index in [4.69, 9.17) is 0 Å². The second kappa shape index (κ2) is 8.95. The summed E-state index contributed by atoms with van der Waals surface area (Å²) in [5, 5.41) is 9.09. The number of carbonyl (C=O) groups is 2. The summed E-state index contributed by atoms with van der Waals surface area (Å²) in [5.74, 6) is -0.0481. The van der Waals surface area contributed by atoms with E-state index in [0.29, 0.717) is 23.6 Å². The Morgan fingerprint density at radius 3 is 2.43 bits per heavy atom. The summed E-state index contributed by atoms with van der Waals surface area (Å²) in [5.41, 5.74) is 4.61. The van der Waals surface area contributed by atoms with E-state index in [1.54, 1.807) is 30.5 Å². The SMILES string of the molecule is CC(C)CC(=O)Nc1ccc(C(=O)N/N=C/c2cccc3ccccc23)cc1. The quantitative estimate of drug-likeness (QED) is 0.490. The van der Waals surface area contributed by atoms with Gasteiger partial charge in [-0.25, -0.2) is 5.43 Å². The highest BCUT2D eigenvalue weighted by Crippen LogP contribution is 2.17. The van der Waals surface area contributed by atoms with Gasteiger partial charge in [0.25, 0.3) is 5.91 Å². The molecule has 3 aromatic carbocycles. The van der Waals surface area contributed by atoms with Gasteiger partial charge in [-0.15, -0.1) is 0 Å². The molecule has 0 aromatic heterocycles. The summed E-state index contributed by atoms with van der Waals surface area (Å²) in [7, 11) is 0. The molecule has 3 rings (SSSR count). The predicted octanol–water partition coefficient (Wildman–Crippen LogP) is 4.59. The zero-order valence-corrected chi connectivity index (χ0v) is 16.0. The Bertz CT molecular complexity index is 1000. The van der Waals surface area contributed by atoms with Crippen LogP contribution in [0.4, 0.5) is 5.69 Å². The monoisotopic (exact) mass is 373 g/mol. The summed E-state index contributed by atoms with van der Waals surface area (Å²) < 4.78 is 0. The van der Waals surface area contributed by atoms with E-state index in [9.17, 15) is 9.59 Å². The van der Waals surface area contributed by atoms with E-state index in [1.807, 2.05) is 56.3 Å². The Labute approximate surface area is 164 Å². The van der Waals surface area contributed by atoms with Crippen molar-refractivity contribution in [1.29, 1.82) is 0 Å². The first kappa shape index (κ1) is 19.3. The molecule has 2 N–H and O–H groups in total. The zero-order chi connectivity index (χ0) is 19.9. The molecule has 28 heavy (non-hydrogen) atoms. The second-order valence-electron chi connectivity index (χ2n) is 6.99. The highest BCUT2D eigenvalue weighted by molar-refractivity contribution is 6.01. The summed E-state index contributed by atoms with van der Waals surface area (Å²) in [6.45, 7) is 3.98. The average Bonchev–Trinajstić information content (AvgIpc) is 2.68. The van der Waals surface area contributed by atoms with Gasteiger partial charge in [-0.1, -0.05) is 56.3 Å². The Hall–Kier alpha value is -3.47. The van der Waals surface area contributed by atoms with E-state index in [-0.39, 0.29) is 11.8 Å². The zero-order valence-electron chi connectivity index (χ0n) is 16.0. The maximum Gasteiger partial charge on any atom is 0.271 e. The van der Waals surface area contributed by atoms with Crippen LogP contribution in [0.2, 0.25) is 0 Å². The number of benzene rings is 3. The first-order chi connectivity index (χ1) is 13.5. The van der Waals surface area contributed by atoms with Crippen molar-refractivity contribution in [1.82, 2.24) is 5.43 Å². The topological polar surface area (TPSA) is 70.6 Å². The number of hydrogen-bond donors (Lipinski definition) is 2. The Morgan fingerprint density at radius 1 is 0.964 bits per heavy atom. The Kier molecular flexibility index (Phi) is 6.17. The molecule has 0 aliphatic rings. The number of anilines is 1. The molecule has 5 heteroatoms. The van der Waals surface area contributed by atoms with Gasteiger partial charge in [0, 0.05) is 23.2 Å². The van der Waals surface area contributed by atoms with E-state index in [2.05, 4.69) is 15.8 Å². The van der Waals surface area contributed by atoms with Crippen LogP contribution in [0.15, 0.2) is 71.8 Å². The molecular weight excluding hydrogens is 350 g/mol. The number of nitrogens with zero attached hydrogens (tertiary/aromatic N) is 1. The van der Waals surface area contributed by atoms with Crippen LogP contribution in [0.3, 0.4) is 0 Å². The van der Waals surface area contributed by atoms with Crippen LogP contribution in [0.1, 0.15) is 36.2 Å². The van der Waals surface area contributed by atoms with Gasteiger partial charge in [0.2, 0.25) is 5.91 Å². The minimum Gasteiger partial charge on any atom is -0.326 e. The lowest BCUT2D eigenvalue weighted by Gasteiger charge is -2.07. The van der Waals surface area contributed by atoms with Crippen LogP contribution < -0.4 is 10.7 Å². The third-order valence-electron chi connectivity index (χ3n) is 4.22. The molecule has 2 amide bonds. The molecule has 0 heterocycles. The molecular formula is C23H23N3O2. The van der Waals surface area contributed by atoms with Gasteiger partial charge in [0.15, 0.2) is 0 Å². The van der Waals surface area contributed by atoms with Gasteiger partial charge in [-0.2, -0.15) is 5.10 Å². The molecule has 0 aliphatic carbocycles. The number of hydrogen-bond acceptors (Lipinski definition) is 3. The van der Waals surface area contributed by atoms with Gasteiger partial charge in [-0.05, 0) is 41.0 Å². The molecule has 0 saturated heterocycles. The fourth-order valence-corrected chi connectivity index (χ4v) is 2.88. The maximum atomic E-state index is 12.3. The normalized spacial score (nSPS) is 11.1. The van der Waals surface area contributed by atoms with E-state index < -0.39 is 0 Å². The fourth-order valence-electron chi connectivity index (χ4n) is 2.88. The van der Waals surface area contributed by atoms with Crippen LogP contribution in [0.25, 0.3) is 10.8 Å². The van der Waals surface area contributed by atoms with Crippen molar-refractivity contribution in [2.45, 2.75) is 20.3 Å². The average molecular weight is 373 g/mol. The van der Waals surface area contributed by atoms with Crippen molar-refractivity contribution in [2.24, 2.45) is 11.0 Å². The molecule has 0 bridgehead atoms. The molecule has 0 fully saturated rings. The lowest BCUT2D eigenvalue weighted by molar-refractivity contribution is -0.116. The third-order valence-corrected chi connectivity index (χ3v) is 4.22. The van der Waals surface area contributed by atoms with Crippen molar-refractivity contribution in [2.75, 3.05) is 5.32 Å². The Balaban J connectivity index is 1.61. The fraction of sp³-hybridized carbons (Fsp3) is 0.174. The smallest absolute Gasteiger partial charge is 0.271 e. The standard InChI is InChI=1S/C23H23N3O2/c1-16(2)14-22(27)25-20-12-10-18(11-13-20)23(28)26-24-15-19-8-5-7-17-6-3-4-9-21(17)19/h3-13,15-16H,14H2,1-2H3,(H,25,27)(H,26,28)/b24-15+. The highest BCUT2D eigenvalue weighted by Gasteiger charge is 2.07. The molecule has 0 aliphatic heterocycles. The van der Waals surface area contributed by atoms with Crippen LogP contribution >= 0.6 is 0 Å². The molecule has 3 aromatic rings. The number of hydrazone groups is 1. The van der Waals surface area contributed by atoms with Crippen LogP contribution in [0.5, 0.6) is 0 Å². The Morgan fingerprint density at radius 2 is 1.68 bits per heavy atom. The first-order valence-electron chi connectivity index (χ1n) is 9.24. The van der Waals surface area contributed by atoms with Gasteiger partial charge >= 0.3 is 0 Å². The summed E-state index contributed by atoms with van der Waals surface area (Å²) in [6.07, 6.45) is 2.10. The second-order valence-corrected chi connectivity index (χ2v) is 6.99. The third kappa shape index (κ3) is 5.04. The minimum absolute atomic E-state index is 0.0353. The largest absolute Gasteiger partial charge is 0.326 e. The molecule has 0 saturated carbocycles. The minimum atomic E-state index is -0.309. The molecule has 0 radical (unpaired) electrons. The number of carbonyl (C=O) groups excluding carboxylic acids is 2. The number of fused-ring (bicyclic) bond motifs is 1. The van der Waals surface area contributed by atoms with Crippen LogP contribution in [-0.2, 0) is 4.79 Å². The first-order valence-corrected chi connectivity index (χ1v) is 9.24. The van der Waals surface area contributed by atoms with E-state index in [1.165, 1.54) is 0 Å². The van der Waals surface area contributed by atoms with E-state index >= 15 is 0 Å². The van der Waals surface area contributed by atoms with E-state index in [0.717, 1.165) is 16.3 Å². The van der Waals surface area contributed by atoms with Crippen molar-refractivity contribution < 1.29 is 9.59 Å². The van der Waals surface area contributed by atoms with Crippen molar-refractivity contribution >= 4 is 34.5 Å². The van der Waals surface area contributed by atoms with Gasteiger partial charge in [-0.3, -0.25) is 9.59 Å². The molecule has 142 valence electrons. The lowest BCUT2D eigenvalue weighted by Crippen LogP contribution is -2.18. The van der Waals surface area contributed by atoms with Gasteiger partial charge in [0.05, 0.1) is 6.21 Å². The summed E-state index contributed by atoms with van der Waals surface area (Å²) >= 11 is 0. The van der Waals surface area contributed by atoms with Gasteiger partial charge in [0.1, 0.15) is 0 Å². The highest BCUT2D eigenvalue weighted by atomic mass is 16.2. The lowest BCUT2D eigenvalue weighted by atomic mass is 10.1. The molecule has 0 unspecified atom stereocenters. The number of nitrogens with one attached hydrogen (secondary N) is 2.